The quantitative estimate of drug-likeness (QED) is 0.677. The summed E-state index contributed by atoms with van der Waals surface area (Å²) < 4.78 is 4.91. The Labute approximate surface area is 127 Å². The molecule has 1 N–H and O–H groups in total. The second kappa shape index (κ2) is 6.57. The first-order chi connectivity index (χ1) is 10.5. The van der Waals surface area contributed by atoms with Gasteiger partial charge in [0.15, 0.2) is 5.75 Å². The summed E-state index contributed by atoms with van der Waals surface area (Å²) in [6.45, 7) is 0. The molecule has 0 saturated heterocycles. The van der Waals surface area contributed by atoms with E-state index < -0.39 is 10.8 Å². The zero-order valence-electron chi connectivity index (χ0n) is 12.1. The number of rotatable bonds is 5. The molecule has 2 rings (SSSR count). The Kier molecular flexibility index (Phi) is 4.57. The summed E-state index contributed by atoms with van der Waals surface area (Å²) in [7, 11) is 3.02. The Morgan fingerprint density at radius 2 is 1.91 bits per heavy atom. The summed E-state index contributed by atoms with van der Waals surface area (Å²) in [5.74, 6) is -0.338. The number of carbonyl (C=O) groups excluding carboxylic acids is 1. The minimum Gasteiger partial charge on any atom is -0.490 e. The summed E-state index contributed by atoms with van der Waals surface area (Å²) in [6, 6.07) is 13.3. The maximum atomic E-state index is 12.2. The number of ether oxygens (including phenoxy) is 1. The molecule has 0 bridgehead atoms. The second-order valence-electron chi connectivity index (χ2n) is 4.48. The number of nitro benzene ring substituents is 1. The van der Waals surface area contributed by atoms with Crippen molar-refractivity contribution in [3.05, 3.63) is 64.2 Å². The third-order valence-electron chi connectivity index (χ3n) is 3.05. The second-order valence-corrected chi connectivity index (χ2v) is 4.48. The molecule has 0 aliphatic rings. The molecule has 0 saturated carbocycles. The highest BCUT2D eigenvalue weighted by Crippen LogP contribution is 2.27. The number of benzene rings is 2. The molecule has 1 amide bonds. The number of nitrogens with zero attached hydrogens (tertiary/aromatic N) is 2. The fourth-order valence-electron chi connectivity index (χ4n) is 1.91. The summed E-state index contributed by atoms with van der Waals surface area (Å²) in [4.78, 5) is 22.6. The van der Waals surface area contributed by atoms with Gasteiger partial charge in [0.05, 0.1) is 17.7 Å². The number of amides is 1. The predicted molar refractivity (Wildman–Crippen MR) is 82.0 cm³/mol. The van der Waals surface area contributed by atoms with Crippen LogP contribution < -0.4 is 15.2 Å². The van der Waals surface area contributed by atoms with Gasteiger partial charge in [-0.2, -0.15) is 0 Å². The number of para-hydroxylation sites is 1. The molecule has 7 nitrogen and oxygen atoms in total. The number of methoxy groups -OCH3 is 1. The molecule has 0 heterocycles. The maximum Gasteiger partial charge on any atom is 0.311 e. The highest BCUT2D eigenvalue weighted by molar-refractivity contribution is 5.96. The summed E-state index contributed by atoms with van der Waals surface area (Å²) in [5.41, 5.74) is 3.36. The van der Waals surface area contributed by atoms with Crippen LogP contribution in [0.25, 0.3) is 0 Å². The normalized spacial score (nSPS) is 9.91. The number of carbonyl (C=O) groups is 1. The number of hydrogen-bond acceptors (Lipinski definition) is 5. The summed E-state index contributed by atoms with van der Waals surface area (Å²) >= 11 is 0. The first-order valence-electron chi connectivity index (χ1n) is 6.45. The van der Waals surface area contributed by atoms with Crippen molar-refractivity contribution < 1.29 is 14.5 Å². The van der Waals surface area contributed by atoms with E-state index in [1.807, 2.05) is 30.3 Å². The monoisotopic (exact) mass is 301 g/mol. The van der Waals surface area contributed by atoms with Gasteiger partial charge in [-0.15, -0.1) is 0 Å². The van der Waals surface area contributed by atoms with Crippen molar-refractivity contribution in [1.29, 1.82) is 0 Å². The Morgan fingerprint density at radius 3 is 2.50 bits per heavy atom. The van der Waals surface area contributed by atoms with Crippen LogP contribution in [0.2, 0.25) is 0 Å². The molecule has 0 atom stereocenters. The van der Waals surface area contributed by atoms with Crippen LogP contribution in [0, 0.1) is 10.1 Å². The number of nitro groups is 1. The van der Waals surface area contributed by atoms with E-state index in [1.165, 1.54) is 25.3 Å². The van der Waals surface area contributed by atoms with E-state index in [4.69, 9.17) is 4.74 Å². The van der Waals surface area contributed by atoms with E-state index in [9.17, 15) is 14.9 Å². The predicted octanol–water partition coefficient (Wildman–Crippen LogP) is 2.38. The van der Waals surface area contributed by atoms with Crippen LogP contribution in [0.5, 0.6) is 5.75 Å². The zero-order valence-corrected chi connectivity index (χ0v) is 12.1. The van der Waals surface area contributed by atoms with Crippen LogP contribution in [-0.4, -0.2) is 25.0 Å². The van der Waals surface area contributed by atoms with Crippen molar-refractivity contribution in [2.75, 3.05) is 19.2 Å². The van der Waals surface area contributed by atoms with Gasteiger partial charge >= 0.3 is 5.69 Å². The van der Waals surface area contributed by atoms with Crippen molar-refractivity contribution in [3.8, 4) is 5.75 Å². The molecule has 2 aromatic carbocycles. The molecule has 0 unspecified atom stereocenters. The van der Waals surface area contributed by atoms with Crippen LogP contribution in [-0.2, 0) is 0 Å². The Hall–Kier alpha value is -3.09. The van der Waals surface area contributed by atoms with Gasteiger partial charge in [0.2, 0.25) is 0 Å². The van der Waals surface area contributed by atoms with Gasteiger partial charge < -0.3 is 4.74 Å². The molecule has 2 aromatic rings. The van der Waals surface area contributed by atoms with Crippen LogP contribution in [0.3, 0.4) is 0 Å². The molecule has 0 spiro atoms. The van der Waals surface area contributed by atoms with E-state index in [-0.39, 0.29) is 17.0 Å². The summed E-state index contributed by atoms with van der Waals surface area (Å²) in [6.07, 6.45) is 0. The van der Waals surface area contributed by atoms with E-state index in [1.54, 1.807) is 12.1 Å². The topological polar surface area (TPSA) is 84.7 Å². The first-order valence-corrected chi connectivity index (χ1v) is 6.45. The first kappa shape index (κ1) is 15.3. The van der Waals surface area contributed by atoms with Gasteiger partial charge in [-0.25, -0.2) is 0 Å². The molecule has 0 aliphatic heterocycles. The Bertz CT molecular complexity index is 688. The molecule has 0 radical (unpaired) electrons. The standard InChI is InChI=1S/C15H15N3O4/c1-17(12-6-4-3-5-7-12)16-15(19)11-8-9-14(22-2)13(10-11)18(20)21/h3-10H,1-2H3,(H,16,19). The van der Waals surface area contributed by atoms with Gasteiger partial charge in [0, 0.05) is 18.7 Å². The minimum atomic E-state index is -0.587. The molecule has 0 aromatic heterocycles. The van der Waals surface area contributed by atoms with E-state index in [0.29, 0.717) is 0 Å². The van der Waals surface area contributed by atoms with Crippen LogP contribution in [0.4, 0.5) is 11.4 Å². The van der Waals surface area contributed by atoms with E-state index in [2.05, 4.69) is 5.43 Å². The Balaban J connectivity index is 2.19. The number of hydrogen-bond donors (Lipinski definition) is 1. The lowest BCUT2D eigenvalue weighted by Crippen LogP contribution is -2.39. The van der Waals surface area contributed by atoms with Gasteiger partial charge in [0.1, 0.15) is 0 Å². The van der Waals surface area contributed by atoms with Gasteiger partial charge in [-0.05, 0) is 24.3 Å². The van der Waals surface area contributed by atoms with Gasteiger partial charge in [0.25, 0.3) is 5.91 Å². The van der Waals surface area contributed by atoms with E-state index >= 15 is 0 Å². The molecule has 0 aliphatic carbocycles. The van der Waals surface area contributed by atoms with Gasteiger partial charge in [-0.3, -0.25) is 25.3 Å². The van der Waals surface area contributed by atoms with Crippen molar-refractivity contribution in [2.24, 2.45) is 0 Å². The average Bonchev–Trinajstić information content (AvgIpc) is 2.54. The van der Waals surface area contributed by atoms with Crippen LogP contribution >= 0.6 is 0 Å². The largest absolute Gasteiger partial charge is 0.490 e. The molecular weight excluding hydrogens is 286 g/mol. The lowest BCUT2D eigenvalue weighted by Gasteiger charge is -2.20. The fourth-order valence-corrected chi connectivity index (χ4v) is 1.91. The van der Waals surface area contributed by atoms with Crippen molar-refractivity contribution in [2.45, 2.75) is 0 Å². The molecule has 7 heteroatoms. The lowest BCUT2D eigenvalue weighted by molar-refractivity contribution is -0.385. The van der Waals surface area contributed by atoms with Crippen LogP contribution in [0.15, 0.2) is 48.5 Å². The fraction of sp³-hybridized carbons (Fsp3) is 0.133. The molecular formula is C15H15N3O4. The molecule has 114 valence electrons. The van der Waals surface area contributed by atoms with Crippen molar-refractivity contribution >= 4 is 17.3 Å². The van der Waals surface area contributed by atoms with E-state index in [0.717, 1.165) is 5.69 Å². The van der Waals surface area contributed by atoms with Crippen molar-refractivity contribution in [3.63, 3.8) is 0 Å². The number of hydrazine groups is 1. The van der Waals surface area contributed by atoms with Crippen LogP contribution in [0.1, 0.15) is 10.4 Å². The number of anilines is 1. The van der Waals surface area contributed by atoms with Gasteiger partial charge in [-0.1, -0.05) is 18.2 Å². The third-order valence-corrected chi connectivity index (χ3v) is 3.05. The average molecular weight is 301 g/mol. The smallest absolute Gasteiger partial charge is 0.311 e. The molecule has 22 heavy (non-hydrogen) atoms. The summed E-state index contributed by atoms with van der Waals surface area (Å²) in [5, 5.41) is 12.5. The SMILES string of the molecule is COc1ccc(C(=O)NN(C)c2ccccc2)cc1[N+](=O)[O-]. The zero-order chi connectivity index (χ0) is 16.1. The van der Waals surface area contributed by atoms with Crippen molar-refractivity contribution in [1.82, 2.24) is 5.43 Å². The lowest BCUT2D eigenvalue weighted by atomic mass is 10.2. The number of nitrogens with one attached hydrogen (secondary N) is 1. The molecule has 0 fully saturated rings. The highest BCUT2D eigenvalue weighted by atomic mass is 16.6. The maximum absolute atomic E-state index is 12.2. The minimum absolute atomic E-state index is 0.109. The highest BCUT2D eigenvalue weighted by Gasteiger charge is 2.18. The Morgan fingerprint density at radius 1 is 1.23 bits per heavy atom. The third kappa shape index (κ3) is 3.32.